The molecule has 35 heavy (non-hydrogen) atoms. The summed E-state index contributed by atoms with van der Waals surface area (Å²) in [7, 11) is 0. The number of nitrogens with zero attached hydrogens (tertiary/aromatic N) is 1. The predicted octanol–water partition coefficient (Wildman–Crippen LogP) is 3.78. The summed E-state index contributed by atoms with van der Waals surface area (Å²) in [6, 6.07) is 18.4. The Bertz CT molecular complexity index is 950. The molecule has 0 radical (unpaired) electrons. The van der Waals surface area contributed by atoms with Gasteiger partial charge in [0, 0.05) is 12.5 Å². The van der Waals surface area contributed by atoms with Crippen molar-refractivity contribution in [3.63, 3.8) is 0 Å². The van der Waals surface area contributed by atoms with Crippen LogP contribution in [0.25, 0.3) is 0 Å². The second-order valence-electron chi connectivity index (χ2n) is 9.11. The van der Waals surface area contributed by atoms with Gasteiger partial charge in [0.1, 0.15) is 12.6 Å². The van der Waals surface area contributed by atoms with E-state index in [1.807, 2.05) is 67.6 Å². The van der Waals surface area contributed by atoms with Crippen molar-refractivity contribution in [1.29, 1.82) is 0 Å². The number of carboxylic acid groups (broad SMARTS) is 1. The molecule has 1 saturated heterocycles. The minimum Gasteiger partial charge on any atom is -0.480 e. The normalized spacial score (nSPS) is 19.1. The largest absolute Gasteiger partial charge is 0.480 e. The van der Waals surface area contributed by atoms with Crippen molar-refractivity contribution < 1.29 is 24.2 Å². The molecule has 0 aliphatic carbocycles. The van der Waals surface area contributed by atoms with Gasteiger partial charge in [0.25, 0.3) is 0 Å². The summed E-state index contributed by atoms with van der Waals surface area (Å²) in [4.78, 5) is 39.3. The topological polar surface area (TPSA) is 95.9 Å². The summed E-state index contributed by atoms with van der Waals surface area (Å²) in [5, 5.41) is 12.7. The quantitative estimate of drug-likeness (QED) is 0.355. The first-order valence-electron chi connectivity index (χ1n) is 12.5. The van der Waals surface area contributed by atoms with E-state index in [-0.39, 0.29) is 24.3 Å². The van der Waals surface area contributed by atoms with E-state index in [0.29, 0.717) is 38.8 Å². The number of carbonyl (C=O) groups excluding carboxylic acids is 2. The number of likely N-dealkylation sites (tertiary alicyclic amines) is 1. The summed E-state index contributed by atoms with van der Waals surface area (Å²) in [5.41, 5.74) is 2.18. The molecule has 7 nitrogen and oxygen atoms in total. The number of esters is 1. The molecule has 3 rings (SSSR count). The zero-order chi connectivity index (χ0) is 25.0. The molecule has 188 valence electrons. The Labute approximate surface area is 207 Å². The first-order chi connectivity index (χ1) is 17.0. The van der Waals surface area contributed by atoms with Crippen molar-refractivity contribution in [2.24, 2.45) is 0 Å². The van der Waals surface area contributed by atoms with Crippen molar-refractivity contribution in [2.45, 2.75) is 63.5 Å². The number of carboxylic acids is 1. The van der Waals surface area contributed by atoms with Gasteiger partial charge in [0.2, 0.25) is 5.91 Å². The van der Waals surface area contributed by atoms with Crippen molar-refractivity contribution >= 4 is 17.8 Å². The average molecular weight is 481 g/mol. The maximum atomic E-state index is 13.4. The molecule has 0 unspecified atom stereocenters. The first-order valence-corrected chi connectivity index (χ1v) is 12.5. The highest BCUT2D eigenvalue weighted by molar-refractivity contribution is 5.86. The third-order valence-corrected chi connectivity index (χ3v) is 6.45. The summed E-state index contributed by atoms with van der Waals surface area (Å²) < 4.78 is 5.50. The van der Waals surface area contributed by atoms with Crippen LogP contribution in [0.3, 0.4) is 0 Å². The van der Waals surface area contributed by atoms with Crippen LogP contribution >= 0.6 is 0 Å². The van der Waals surface area contributed by atoms with Gasteiger partial charge in [-0.25, -0.2) is 0 Å². The average Bonchev–Trinajstić information content (AvgIpc) is 3.01. The zero-order valence-corrected chi connectivity index (χ0v) is 20.4. The van der Waals surface area contributed by atoms with Gasteiger partial charge in [-0.3, -0.25) is 19.7 Å². The van der Waals surface area contributed by atoms with Gasteiger partial charge in [-0.2, -0.15) is 0 Å². The minimum absolute atomic E-state index is 0.0329. The molecule has 1 heterocycles. The molecule has 1 aliphatic rings. The number of aliphatic carboxylic acids is 1. The standard InChI is InChI=1S/C28H36N2O5/c1-2-3-18-35-28(34)25(16-14-21-10-6-4-7-11-21)29-24-17-15-23(22-12-8-5-9-13-22)19-30(27(24)33)20-26(31)32/h4-13,23-25,29H,2-3,14-20H2,1H3,(H,31,32)/t23-,24-,25-/m0/s1. The van der Waals surface area contributed by atoms with Gasteiger partial charge in [-0.1, -0.05) is 74.0 Å². The number of amides is 1. The molecule has 2 aromatic carbocycles. The second kappa shape index (κ2) is 13.6. The van der Waals surface area contributed by atoms with Crippen molar-refractivity contribution in [3.05, 3.63) is 71.8 Å². The Kier molecular flexibility index (Phi) is 10.3. The van der Waals surface area contributed by atoms with Crippen molar-refractivity contribution in [1.82, 2.24) is 10.2 Å². The van der Waals surface area contributed by atoms with Crippen molar-refractivity contribution in [3.8, 4) is 0 Å². The van der Waals surface area contributed by atoms with Crippen LogP contribution in [0.4, 0.5) is 0 Å². The van der Waals surface area contributed by atoms with E-state index < -0.39 is 18.1 Å². The minimum atomic E-state index is -1.05. The van der Waals surface area contributed by atoms with E-state index >= 15 is 0 Å². The smallest absolute Gasteiger partial charge is 0.323 e. The van der Waals surface area contributed by atoms with Crippen LogP contribution in [0.5, 0.6) is 0 Å². The number of hydrogen-bond donors (Lipinski definition) is 2. The molecule has 0 spiro atoms. The van der Waals surface area contributed by atoms with Crippen LogP contribution in [0.1, 0.15) is 56.1 Å². The lowest BCUT2D eigenvalue weighted by Gasteiger charge is -2.27. The highest BCUT2D eigenvalue weighted by Crippen LogP contribution is 2.27. The maximum Gasteiger partial charge on any atom is 0.323 e. The van der Waals surface area contributed by atoms with Gasteiger partial charge in [-0.15, -0.1) is 0 Å². The number of ether oxygens (including phenoxy) is 1. The molecule has 3 atom stereocenters. The Balaban J connectivity index is 1.76. The third kappa shape index (κ3) is 8.21. The van der Waals surface area contributed by atoms with Crippen LogP contribution in [0.2, 0.25) is 0 Å². The number of carbonyl (C=O) groups is 3. The van der Waals surface area contributed by atoms with Crippen LogP contribution in [-0.2, 0) is 25.5 Å². The third-order valence-electron chi connectivity index (χ3n) is 6.45. The van der Waals surface area contributed by atoms with Crippen LogP contribution < -0.4 is 5.32 Å². The zero-order valence-electron chi connectivity index (χ0n) is 20.4. The highest BCUT2D eigenvalue weighted by Gasteiger charge is 2.35. The van der Waals surface area contributed by atoms with Gasteiger partial charge >= 0.3 is 11.9 Å². The fourth-order valence-corrected chi connectivity index (χ4v) is 4.50. The van der Waals surface area contributed by atoms with E-state index in [9.17, 15) is 19.5 Å². The van der Waals surface area contributed by atoms with Gasteiger partial charge in [0.05, 0.1) is 12.6 Å². The van der Waals surface area contributed by atoms with Crippen LogP contribution in [-0.4, -0.2) is 59.6 Å². The highest BCUT2D eigenvalue weighted by atomic mass is 16.5. The number of hydrogen-bond acceptors (Lipinski definition) is 5. The Hall–Kier alpha value is -3.19. The maximum absolute atomic E-state index is 13.4. The van der Waals surface area contributed by atoms with Gasteiger partial charge in [0.15, 0.2) is 0 Å². The number of nitrogens with one attached hydrogen (secondary N) is 1. The molecule has 1 aliphatic heterocycles. The van der Waals surface area contributed by atoms with E-state index in [1.54, 1.807) is 0 Å². The Morgan fingerprint density at radius 1 is 1.09 bits per heavy atom. The molecule has 1 fully saturated rings. The molecule has 2 N–H and O–H groups in total. The summed E-state index contributed by atoms with van der Waals surface area (Å²) in [6.07, 6.45) is 4.07. The number of unbranched alkanes of at least 4 members (excludes halogenated alkanes) is 1. The van der Waals surface area contributed by atoms with E-state index in [4.69, 9.17) is 4.74 Å². The number of rotatable bonds is 12. The van der Waals surface area contributed by atoms with E-state index in [2.05, 4.69) is 5.32 Å². The molecular formula is C28H36N2O5. The van der Waals surface area contributed by atoms with E-state index in [1.165, 1.54) is 4.90 Å². The lowest BCUT2D eigenvalue weighted by molar-refractivity contribution is -0.148. The van der Waals surface area contributed by atoms with Crippen molar-refractivity contribution in [2.75, 3.05) is 19.7 Å². The molecule has 1 amide bonds. The molecule has 0 saturated carbocycles. The lowest BCUT2D eigenvalue weighted by atomic mass is 9.93. The summed E-state index contributed by atoms with van der Waals surface area (Å²) in [6.45, 7) is 2.35. The molecule has 0 bridgehead atoms. The fourth-order valence-electron chi connectivity index (χ4n) is 4.50. The molecular weight excluding hydrogens is 444 g/mol. The predicted molar refractivity (Wildman–Crippen MR) is 134 cm³/mol. The Morgan fingerprint density at radius 2 is 1.77 bits per heavy atom. The van der Waals surface area contributed by atoms with Gasteiger partial charge in [-0.05, 0) is 43.2 Å². The first kappa shape index (κ1) is 26.4. The molecule has 0 aromatic heterocycles. The number of aryl methyl sites for hydroxylation is 1. The number of benzene rings is 2. The van der Waals surface area contributed by atoms with E-state index in [0.717, 1.165) is 24.0 Å². The summed E-state index contributed by atoms with van der Waals surface area (Å²) in [5.74, 6) is -1.66. The fraction of sp³-hybridized carbons (Fsp3) is 0.464. The van der Waals surface area contributed by atoms with Gasteiger partial charge < -0.3 is 14.7 Å². The second-order valence-corrected chi connectivity index (χ2v) is 9.11. The van der Waals surface area contributed by atoms with Crippen LogP contribution in [0.15, 0.2) is 60.7 Å². The summed E-state index contributed by atoms with van der Waals surface area (Å²) >= 11 is 0. The SMILES string of the molecule is CCCCOC(=O)[C@H](CCc1ccccc1)N[C@H]1CC[C@H](c2ccccc2)CN(CC(=O)O)C1=O. The molecule has 7 heteroatoms. The monoisotopic (exact) mass is 480 g/mol. The Morgan fingerprint density at radius 3 is 2.43 bits per heavy atom. The van der Waals surface area contributed by atoms with Crippen LogP contribution in [0, 0.1) is 0 Å². The molecule has 2 aromatic rings. The lowest BCUT2D eigenvalue weighted by Crippen LogP contribution is -2.52.